The number of carboxylic acids is 1. The number of piperidine rings is 1. The molecule has 0 saturated carbocycles. The Morgan fingerprint density at radius 1 is 1.15 bits per heavy atom. The number of ether oxygens (including phenoxy) is 1. The smallest absolute Gasteiger partial charge is 0.303 e. The van der Waals surface area contributed by atoms with Crippen molar-refractivity contribution in [2.75, 3.05) is 45.7 Å². The van der Waals surface area contributed by atoms with Crippen LogP contribution < -0.4 is 9.64 Å². The molecular weight excluding hydrogens is 535 g/mol. The second-order valence-electron chi connectivity index (χ2n) is 11.3. The van der Waals surface area contributed by atoms with Gasteiger partial charge in [0.15, 0.2) is 17.5 Å². The number of pyridine rings is 1. The Hall–Kier alpha value is -3.37. The second kappa shape index (κ2) is 13.1. The molecule has 3 aromatic rings. The molecule has 1 aliphatic rings. The fourth-order valence-electron chi connectivity index (χ4n) is 5.95. The molecule has 0 radical (unpaired) electrons. The van der Waals surface area contributed by atoms with Crippen LogP contribution in [0.25, 0.3) is 10.9 Å². The minimum absolute atomic E-state index is 0.0210. The Balaban J connectivity index is 1.42. The number of carboxylic acid groups (broad SMARTS) is 1. The highest BCUT2D eigenvalue weighted by Crippen LogP contribution is 2.43. The molecule has 10 heteroatoms. The average Bonchev–Trinajstić information content (AvgIpc) is 2.94. The van der Waals surface area contributed by atoms with Crippen LogP contribution in [0, 0.1) is 22.9 Å². The van der Waals surface area contributed by atoms with Crippen molar-refractivity contribution in [1.82, 2.24) is 9.88 Å². The number of likely N-dealkylation sites (tertiary alicyclic amines) is 1. The number of methoxy groups -OCH3 is 1. The van der Waals surface area contributed by atoms with E-state index in [-0.39, 0.29) is 6.42 Å². The molecule has 7 nitrogen and oxygen atoms in total. The predicted molar refractivity (Wildman–Crippen MR) is 152 cm³/mol. The molecule has 2 aromatic carbocycles. The van der Waals surface area contributed by atoms with Gasteiger partial charge in [-0.05, 0) is 99.5 Å². The summed E-state index contributed by atoms with van der Waals surface area (Å²) in [5.74, 6) is -4.03. The zero-order valence-corrected chi connectivity index (χ0v) is 23.8. The molecule has 0 amide bonds. The van der Waals surface area contributed by atoms with Crippen LogP contribution in [-0.4, -0.2) is 66.9 Å². The van der Waals surface area contributed by atoms with Crippen LogP contribution in [0.1, 0.15) is 55.8 Å². The van der Waals surface area contributed by atoms with Crippen molar-refractivity contribution in [2.24, 2.45) is 5.41 Å². The lowest BCUT2D eigenvalue weighted by molar-refractivity contribution is -0.141. The zero-order valence-electron chi connectivity index (χ0n) is 23.8. The van der Waals surface area contributed by atoms with E-state index in [4.69, 9.17) is 4.74 Å². The average molecular weight is 574 g/mol. The lowest BCUT2D eigenvalue weighted by Crippen LogP contribution is -2.41. The molecule has 2 heterocycles. The quantitative estimate of drug-likeness (QED) is 0.268. The van der Waals surface area contributed by atoms with Crippen molar-refractivity contribution in [3.63, 3.8) is 0 Å². The highest BCUT2D eigenvalue weighted by atomic mass is 19.2. The number of carbonyl (C=O) groups is 1. The molecule has 1 saturated heterocycles. The summed E-state index contributed by atoms with van der Waals surface area (Å²) in [6.07, 6.45) is 4.26. The third kappa shape index (κ3) is 7.29. The summed E-state index contributed by atoms with van der Waals surface area (Å²) in [6.45, 7) is 2.06. The fourth-order valence-corrected chi connectivity index (χ4v) is 5.95. The van der Waals surface area contributed by atoms with Gasteiger partial charge in [-0.1, -0.05) is 0 Å². The molecule has 0 aliphatic carbocycles. The van der Waals surface area contributed by atoms with Gasteiger partial charge in [-0.2, -0.15) is 0 Å². The van der Waals surface area contributed by atoms with E-state index >= 15 is 0 Å². The summed E-state index contributed by atoms with van der Waals surface area (Å²) >= 11 is 0. The van der Waals surface area contributed by atoms with Crippen LogP contribution in [-0.2, 0) is 11.2 Å². The van der Waals surface area contributed by atoms with Crippen LogP contribution in [0.4, 0.5) is 18.9 Å². The maximum atomic E-state index is 13.5. The Bertz CT molecular complexity index is 1350. The van der Waals surface area contributed by atoms with E-state index in [0.717, 1.165) is 34.3 Å². The highest BCUT2D eigenvalue weighted by molar-refractivity contribution is 5.88. The van der Waals surface area contributed by atoms with Gasteiger partial charge < -0.3 is 24.7 Å². The number of aliphatic hydroxyl groups is 1. The maximum absolute atomic E-state index is 13.5. The van der Waals surface area contributed by atoms with Crippen LogP contribution in [0.2, 0.25) is 0 Å². The lowest BCUT2D eigenvalue weighted by atomic mass is 9.71. The molecule has 0 bridgehead atoms. The van der Waals surface area contributed by atoms with Crippen molar-refractivity contribution in [1.29, 1.82) is 0 Å². The Morgan fingerprint density at radius 2 is 1.83 bits per heavy atom. The summed E-state index contributed by atoms with van der Waals surface area (Å²) in [5, 5.41) is 22.0. The number of fused-ring (bicyclic) bond motifs is 1. The Kier molecular flexibility index (Phi) is 9.76. The number of aryl methyl sites for hydroxylation is 1. The van der Waals surface area contributed by atoms with Crippen molar-refractivity contribution in [3.8, 4) is 5.75 Å². The molecular formula is C31H38F3N3O4. The van der Waals surface area contributed by atoms with Gasteiger partial charge >= 0.3 is 5.97 Å². The summed E-state index contributed by atoms with van der Waals surface area (Å²) in [5.41, 5.74) is 2.23. The number of aliphatic hydroxyl groups excluding tert-OH is 1. The number of hydrogen-bond acceptors (Lipinski definition) is 6. The standard InChI is InChI=1S/C31H38F3N3O4/c1-36(2)26-19-35-25-7-6-21(41-3)17-22(25)29(26)27(38)8-9-31(18-28(39)40)10-13-37(14-11-31)12-4-5-20-15-23(32)30(34)24(33)16-20/h6-7,15-17,19,27,38H,4-5,8-14,18H2,1-3H3,(H,39,40)/t27-/m0/s1. The van der Waals surface area contributed by atoms with Gasteiger partial charge in [0.25, 0.3) is 0 Å². The predicted octanol–water partition coefficient (Wildman–Crippen LogP) is 5.73. The molecule has 0 unspecified atom stereocenters. The van der Waals surface area contributed by atoms with Crippen LogP contribution >= 0.6 is 0 Å². The van der Waals surface area contributed by atoms with Gasteiger partial charge in [0.05, 0.1) is 37.0 Å². The van der Waals surface area contributed by atoms with Gasteiger partial charge in [0.1, 0.15) is 5.75 Å². The van der Waals surface area contributed by atoms with Crippen molar-refractivity contribution in [3.05, 3.63) is 65.1 Å². The van der Waals surface area contributed by atoms with Crippen LogP contribution in [0.5, 0.6) is 5.75 Å². The molecule has 41 heavy (non-hydrogen) atoms. The summed E-state index contributed by atoms with van der Waals surface area (Å²) in [6, 6.07) is 7.61. The van der Waals surface area contributed by atoms with E-state index in [2.05, 4.69) is 9.88 Å². The minimum atomic E-state index is -1.46. The molecule has 2 N–H and O–H groups in total. The first-order chi connectivity index (χ1) is 19.5. The summed E-state index contributed by atoms with van der Waals surface area (Å²) in [7, 11) is 5.37. The number of benzene rings is 2. The number of halogens is 3. The largest absolute Gasteiger partial charge is 0.497 e. The molecule has 1 fully saturated rings. The number of anilines is 1. The maximum Gasteiger partial charge on any atom is 0.303 e. The van der Waals surface area contributed by atoms with E-state index in [9.17, 15) is 28.2 Å². The van der Waals surface area contributed by atoms with Crippen molar-refractivity contribution >= 4 is 22.6 Å². The Labute approximate surface area is 238 Å². The number of nitrogens with zero attached hydrogens (tertiary/aromatic N) is 3. The van der Waals surface area contributed by atoms with Gasteiger partial charge in [0.2, 0.25) is 0 Å². The second-order valence-corrected chi connectivity index (χ2v) is 11.3. The van der Waals surface area contributed by atoms with E-state index in [1.165, 1.54) is 0 Å². The summed E-state index contributed by atoms with van der Waals surface area (Å²) in [4.78, 5) is 20.5. The number of aromatic nitrogens is 1. The molecule has 222 valence electrons. The number of aliphatic carboxylic acids is 1. The first-order valence-electron chi connectivity index (χ1n) is 13.9. The third-order valence-corrected chi connectivity index (χ3v) is 8.29. The number of rotatable bonds is 12. The van der Waals surface area contributed by atoms with Gasteiger partial charge in [-0.3, -0.25) is 9.78 Å². The molecule has 1 aromatic heterocycles. The van der Waals surface area contributed by atoms with Crippen LogP contribution in [0.15, 0.2) is 36.5 Å². The van der Waals surface area contributed by atoms with E-state index < -0.39 is 34.9 Å². The van der Waals surface area contributed by atoms with Gasteiger partial charge in [-0.15, -0.1) is 0 Å². The van der Waals surface area contributed by atoms with Gasteiger partial charge in [0, 0.05) is 25.0 Å². The lowest BCUT2D eigenvalue weighted by Gasteiger charge is -2.42. The fraction of sp³-hybridized carbons (Fsp3) is 0.484. The van der Waals surface area contributed by atoms with Crippen molar-refractivity contribution in [2.45, 2.75) is 51.0 Å². The third-order valence-electron chi connectivity index (χ3n) is 8.29. The zero-order chi connectivity index (χ0) is 29.7. The van der Waals surface area contributed by atoms with Crippen LogP contribution in [0.3, 0.4) is 0 Å². The van der Waals surface area contributed by atoms with E-state index in [1.807, 2.05) is 37.2 Å². The topological polar surface area (TPSA) is 86.1 Å². The molecule has 0 spiro atoms. The Morgan fingerprint density at radius 3 is 2.44 bits per heavy atom. The molecule has 4 rings (SSSR count). The summed E-state index contributed by atoms with van der Waals surface area (Å²) < 4.78 is 45.7. The van der Waals surface area contributed by atoms with Gasteiger partial charge in [-0.25, -0.2) is 13.2 Å². The first-order valence-corrected chi connectivity index (χ1v) is 13.9. The van der Waals surface area contributed by atoms with E-state index in [1.54, 1.807) is 13.3 Å². The SMILES string of the molecule is COc1ccc2ncc(N(C)C)c([C@@H](O)CCC3(CC(=O)O)CCN(CCCc4cc(F)c(F)c(F)c4)CC3)c2c1. The minimum Gasteiger partial charge on any atom is -0.497 e. The van der Waals surface area contributed by atoms with Crippen molar-refractivity contribution < 1.29 is 32.9 Å². The molecule has 1 aliphatic heterocycles. The number of hydrogen-bond donors (Lipinski definition) is 2. The van der Waals surface area contributed by atoms with E-state index in [0.29, 0.717) is 69.5 Å². The highest BCUT2D eigenvalue weighted by Gasteiger charge is 2.37. The normalized spacial score (nSPS) is 16.1. The first kappa shape index (κ1) is 30.6. The molecule has 1 atom stereocenters. The monoisotopic (exact) mass is 573 g/mol.